The molecule has 0 fully saturated rings. The van der Waals surface area contributed by atoms with E-state index < -0.39 is 0 Å². The van der Waals surface area contributed by atoms with Crippen LogP contribution in [-0.2, 0) is 5.41 Å². The van der Waals surface area contributed by atoms with Crippen molar-refractivity contribution in [3.05, 3.63) is 199 Å². The summed E-state index contributed by atoms with van der Waals surface area (Å²) in [5, 5.41) is 3.50. The monoisotopic (exact) mass is 747 g/mol. The Morgan fingerprint density at radius 1 is 0.474 bits per heavy atom. The van der Waals surface area contributed by atoms with Crippen LogP contribution in [0.5, 0.6) is 0 Å². The van der Waals surface area contributed by atoms with Crippen LogP contribution in [0.25, 0.3) is 76.0 Å². The summed E-state index contributed by atoms with van der Waals surface area (Å²) < 4.78 is 2.47. The van der Waals surface area contributed by atoms with Crippen LogP contribution in [-0.4, -0.2) is 9.97 Å². The van der Waals surface area contributed by atoms with E-state index in [9.17, 15) is 0 Å². The van der Waals surface area contributed by atoms with Crippen molar-refractivity contribution in [1.29, 1.82) is 0 Å². The third-order valence-corrected chi connectivity index (χ3v) is 12.8. The molecule has 10 aromatic rings. The summed E-state index contributed by atoms with van der Waals surface area (Å²) in [5.74, 6) is 0.734. The minimum atomic E-state index is -0.109. The van der Waals surface area contributed by atoms with Gasteiger partial charge < -0.3 is 4.90 Å². The Labute approximate surface area is 336 Å². The molecule has 0 saturated heterocycles. The summed E-state index contributed by atoms with van der Waals surface area (Å²) in [5.41, 5.74) is 15.1. The van der Waals surface area contributed by atoms with Crippen LogP contribution in [0.1, 0.15) is 25.0 Å². The van der Waals surface area contributed by atoms with Gasteiger partial charge in [-0.05, 0) is 70.3 Å². The molecule has 57 heavy (non-hydrogen) atoms. The zero-order chi connectivity index (χ0) is 38.1. The molecule has 0 unspecified atom stereocenters. The quantitative estimate of drug-likeness (QED) is 0.170. The molecule has 2 heterocycles. The van der Waals surface area contributed by atoms with E-state index in [1.54, 1.807) is 0 Å². The van der Waals surface area contributed by atoms with Crippen molar-refractivity contribution in [1.82, 2.24) is 9.97 Å². The number of thiophene rings is 1. The first-order chi connectivity index (χ1) is 28.0. The van der Waals surface area contributed by atoms with Crippen LogP contribution in [0.4, 0.5) is 17.1 Å². The average Bonchev–Trinajstić information content (AvgIpc) is 3.76. The summed E-state index contributed by atoms with van der Waals surface area (Å²) in [7, 11) is 0. The zero-order valence-electron chi connectivity index (χ0n) is 31.6. The second-order valence-corrected chi connectivity index (χ2v) is 16.4. The number of aromatic nitrogens is 2. The van der Waals surface area contributed by atoms with E-state index in [0.29, 0.717) is 0 Å². The minimum absolute atomic E-state index is 0.109. The van der Waals surface area contributed by atoms with Crippen molar-refractivity contribution in [2.45, 2.75) is 19.3 Å². The number of hydrogen-bond donors (Lipinski definition) is 0. The molecule has 0 amide bonds. The molecule has 0 bridgehead atoms. The van der Waals surface area contributed by atoms with Gasteiger partial charge in [-0.25, -0.2) is 9.97 Å². The van der Waals surface area contributed by atoms with E-state index in [0.717, 1.165) is 44.9 Å². The Morgan fingerprint density at radius 2 is 1.12 bits per heavy atom. The Hall–Kier alpha value is -6.88. The lowest BCUT2D eigenvalue weighted by molar-refractivity contribution is 0.660. The molecule has 1 aliphatic rings. The standard InChI is InChI=1S/C53H37N3S/c1-53(2)43-22-11-9-19-39(43)50-44(53)23-14-25-46(50)56(37-29-27-35(28-30-37)34-15-5-3-6-16-34)38-31-32-41-48(33-38)57-47-26-13-21-42(49(41)47)51-40-20-10-12-24-45(40)54-52(55-51)36-17-7-4-8-18-36/h3-33H,1-2H3. The van der Waals surface area contributed by atoms with Crippen LogP contribution in [0, 0.1) is 0 Å². The van der Waals surface area contributed by atoms with E-state index >= 15 is 0 Å². The van der Waals surface area contributed by atoms with Gasteiger partial charge in [0.1, 0.15) is 0 Å². The fraction of sp³-hybridized carbons (Fsp3) is 0.0566. The molecule has 1 aliphatic carbocycles. The molecular weight excluding hydrogens is 711 g/mol. The normalized spacial score (nSPS) is 12.9. The fourth-order valence-electron chi connectivity index (χ4n) is 8.93. The molecule has 8 aromatic carbocycles. The molecular formula is C53H37N3S. The lowest BCUT2D eigenvalue weighted by Gasteiger charge is -2.29. The van der Waals surface area contributed by atoms with Crippen molar-refractivity contribution in [3.8, 4) is 44.9 Å². The van der Waals surface area contributed by atoms with Gasteiger partial charge in [-0.1, -0.05) is 159 Å². The molecule has 0 atom stereocenters. The number of hydrogen-bond acceptors (Lipinski definition) is 4. The maximum Gasteiger partial charge on any atom is 0.160 e. The largest absolute Gasteiger partial charge is 0.310 e. The molecule has 0 N–H and O–H groups in total. The van der Waals surface area contributed by atoms with Gasteiger partial charge in [0.2, 0.25) is 0 Å². The maximum absolute atomic E-state index is 5.28. The molecule has 4 heteroatoms. The number of anilines is 3. The topological polar surface area (TPSA) is 29.0 Å². The van der Waals surface area contributed by atoms with E-state index in [1.807, 2.05) is 29.5 Å². The Balaban J connectivity index is 1.11. The van der Waals surface area contributed by atoms with Crippen LogP contribution < -0.4 is 4.90 Å². The third-order valence-electron chi connectivity index (χ3n) is 11.7. The zero-order valence-corrected chi connectivity index (χ0v) is 32.5. The second kappa shape index (κ2) is 13.1. The second-order valence-electron chi connectivity index (χ2n) is 15.4. The van der Waals surface area contributed by atoms with Gasteiger partial charge in [-0.15, -0.1) is 11.3 Å². The summed E-state index contributed by atoms with van der Waals surface area (Å²) in [6, 6.07) is 67.7. The van der Waals surface area contributed by atoms with Gasteiger partial charge in [-0.3, -0.25) is 0 Å². The van der Waals surface area contributed by atoms with Crippen LogP contribution in [0.15, 0.2) is 188 Å². The highest BCUT2D eigenvalue weighted by atomic mass is 32.1. The highest BCUT2D eigenvalue weighted by molar-refractivity contribution is 7.26. The fourth-order valence-corrected chi connectivity index (χ4v) is 10.1. The van der Waals surface area contributed by atoms with Crippen molar-refractivity contribution in [2.75, 3.05) is 4.90 Å². The smallest absolute Gasteiger partial charge is 0.160 e. The van der Waals surface area contributed by atoms with Gasteiger partial charge in [0.05, 0.1) is 16.9 Å². The summed E-state index contributed by atoms with van der Waals surface area (Å²) in [6.45, 7) is 4.70. The highest BCUT2D eigenvalue weighted by Gasteiger charge is 2.37. The molecule has 11 rings (SSSR count). The van der Waals surface area contributed by atoms with Crippen molar-refractivity contribution >= 4 is 59.5 Å². The van der Waals surface area contributed by atoms with E-state index in [-0.39, 0.29) is 5.41 Å². The van der Waals surface area contributed by atoms with Crippen molar-refractivity contribution < 1.29 is 0 Å². The highest BCUT2D eigenvalue weighted by Crippen LogP contribution is 2.54. The molecule has 3 nitrogen and oxygen atoms in total. The summed E-state index contributed by atoms with van der Waals surface area (Å²) >= 11 is 1.84. The van der Waals surface area contributed by atoms with Crippen molar-refractivity contribution in [3.63, 3.8) is 0 Å². The van der Waals surface area contributed by atoms with Crippen LogP contribution >= 0.6 is 11.3 Å². The minimum Gasteiger partial charge on any atom is -0.310 e. The summed E-state index contributed by atoms with van der Waals surface area (Å²) in [4.78, 5) is 12.7. The predicted molar refractivity (Wildman–Crippen MR) is 241 cm³/mol. The van der Waals surface area contributed by atoms with E-state index in [2.05, 4.69) is 189 Å². The Kier molecular flexibility index (Phi) is 7.70. The van der Waals surface area contributed by atoms with Gasteiger partial charge in [0.25, 0.3) is 0 Å². The number of fused-ring (bicyclic) bond motifs is 7. The molecule has 2 aromatic heterocycles. The molecule has 0 saturated carbocycles. The number of benzene rings is 8. The molecule has 0 aliphatic heterocycles. The number of para-hydroxylation sites is 1. The lowest BCUT2D eigenvalue weighted by atomic mass is 9.82. The Morgan fingerprint density at radius 3 is 1.95 bits per heavy atom. The van der Waals surface area contributed by atoms with Crippen LogP contribution in [0.2, 0.25) is 0 Å². The Bertz CT molecular complexity index is 3150. The first-order valence-electron chi connectivity index (χ1n) is 19.5. The van der Waals surface area contributed by atoms with E-state index in [4.69, 9.17) is 9.97 Å². The first kappa shape index (κ1) is 33.5. The van der Waals surface area contributed by atoms with Gasteiger partial charge in [-0.2, -0.15) is 0 Å². The summed E-state index contributed by atoms with van der Waals surface area (Å²) in [6.07, 6.45) is 0. The number of nitrogens with zero attached hydrogens (tertiary/aromatic N) is 3. The maximum atomic E-state index is 5.28. The van der Waals surface area contributed by atoms with Crippen LogP contribution in [0.3, 0.4) is 0 Å². The first-order valence-corrected chi connectivity index (χ1v) is 20.3. The SMILES string of the molecule is CC1(C)c2ccccc2-c2c(N(c3ccc(-c4ccccc4)cc3)c3ccc4c(c3)sc3cccc(-c5nc(-c6ccccc6)nc6ccccc56)c34)cccc21. The predicted octanol–water partition coefficient (Wildman–Crippen LogP) is 14.8. The lowest BCUT2D eigenvalue weighted by Crippen LogP contribution is -2.16. The van der Waals surface area contributed by atoms with Gasteiger partial charge in [0.15, 0.2) is 5.82 Å². The van der Waals surface area contributed by atoms with Crippen molar-refractivity contribution in [2.24, 2.45) is 0 Å². The molecule has 0 radical (unpaired) electrons. The molecule has 0 spiro atoms. The van der Waals surface area contributed by atoms with Gasteiger partial charge in [0, 0.05) is 59.0 Å². The van der Waals surface area contributed by atoms with Gasteiger partial charge >= 0.3 is 0 Å². The number of rotatable bonds is 6. The average molecular weight is 748 g/mol. The third kappa shape index (κ3) is 5.40. The molecule has 270 valence electrons. The van der Waals surface area contributed by atoms with E-state index in [1.165, 1.54) is 59.2 Å².